The molecule has 136 valence electrons. The Balaban J connectivity index is 1.57. The summed E-state index contributed by atoms with van der Waals surface area (Å²) in [7, 11) is 0. The predicted octanol–water partition coefficient (Wildman–Crippen LogP) is 2.39. The third-order valence-electron chi connectivity index (χ3n) is 4.95. The summed E-state index contributed by atoms with van der Waals surface area (Å²) >= 11 is 0. The minimum Gasteiger partial charge on any atom is -0.491 e. The van der Waals surface area contributed by atoms with Gasteiger partial charge in [-0.25, -0.2) is 0 Å². The van der Waals surface area contributed by atoms with Gasteiger partial charge in [-0.15, -0.1) is 0 Å². The zero-order valence-electron chi connectivity index (χ0n) is 15.4. The second kappa shape index (κ2) is 7.06. The maximum atomic E-state index is 12.7. The van der Waals surface area contributed by atoms with E-state index in [0.29, 0.717) is 13.2 Å². The number of nitrogens with zero attached hydrogens (tertiary/aromatic N) is 1. The molecule has 1 aromatic rings. The number of fused-ring (bicyclic) bond motifs is 1. The highest BCUT2D eigenvalue weighted by atomic mass is 16.5. The lowest BCUT2D eigenvalue weighted by atomic mass is 9.90. The molecule has 2 heterocycles. The van der Waals surface area contributed by atoms with Crippen molar-refractivity contribution in [2.45, 2.75) is 46.1 Å². The molecule has 0 spiro atoms. The number of hydrogen-bond donors (Lipinski definition) is 1. The molecule has 1 aromatic carbocycles. The monoisotopic (exact) mass is 344 g/mol. The minimum atomic E-state index is -0.403. The molecule has 25 heavy (non-hydrogen) atoms. The first kappa shape index (κ1) is 17.8. The van der Waals surface area contributed by atoms with E-state index in [1.807, 2.05) is 49.9 Å². The number of rotatable bonds is 2. The van der Waals surface area contributed by atoms with Gasteiger partial charge in [-0.05, 0) is 30.9 Å². The number of nitrogens with one attached hydrogen (secondary N) is 1. The van der Waals surface area contributed by atoms with Crippen molar-refractivity contribution in [1.82, 2.24) is 10.2 Å². The van der Waals surface area contributed by atoms with E-state index in [4.69, 9.17) is 4.74 Å². The van der Waals surface area contributed by atoms with Crippen molar-refractivity contribution in [1.29, 1.82) is 0 Å². The molecule has 0 aromatic heterocycles. The topological polar surface area (TPSA) is 58.6 Å². The van der Waals surface area contributed by atoms with Crippen LogP contribution >= 0.6 is 0 Å². The van der Waals surface area contributed by atoms with Gasteiger partial charge in [-0.3, -0.25) is 9.59 Å². The number of carbonyl (C=O) groups excluding carboxylic acids is 2. The summed E-state index contributed by atoms with van der Waals surface area (Å²) in [4.78, 5) is 27.0. The summed E-state index contributed by atoms with van der Waals surface area (Å²) in [6.07, 6.45) is 2.51. The normalized spacial score (nSPS) is 23.4. The zero-order chi connectivity index (χ0) is 18.0. The molecule has 0 radical (unpaired) electrons. The van der Waals surface area contributed by atoms with Crippen LogP contribution in [0, 0.1) is 11.3 Å². The lowest BCUT2D eigenvalue weighted by molar-refractivity contribution is -0.143. The Morgan fingerprint density at radius 3 is 2.76 bits per heavy atom. The maximum absolute atomic E-state index is 12.7. The molecular formula is C20H28N2O3. The van der Waals surface area contributed by atoms with Crippen LogP contribution in [0.15, 0.2) is 24.3 Å². The summed E-state index contributed by atoms with van der Waals surface area (Å²) in [5.41, 5.74) is 0.728. The second-order valence-corrected chi connectivity index (χ2v) is 8.17. The van der Waals surface area contributed by atoms with Gasteiger partial charge in [-0.2, -0.15) is 0 Å². The van der Waals surface area contributed by atoms with E-state index in [9.17, 15) is 9.59 Å². The van der Waals surface area contributed by atoms with E-state index in [1.54, 1.807) is 0 Å². The van der Waals surface area contributed by atoms with E-state index in [-0.39, 0.29) is 23.8 Å². The SMILES string of the molecule is CC(C)(C)C(=O)N1CCC[C@@H](C(=O)N[C@H]2COc3ccccc3C2)C1. The molecule has 1 fully saturated rings. The van der Waals surface area contributed by atoms with E-state index < -0.39 is 5.41 Å². The van der Waals surface area contributed by atoms with Gasteiger partial charge >= 0.3 is 0 Å². The van der Waals surface area contributed by atoms with Gasteiger partial charge in [0.25, 0.3) is 0 Å². The van der Waals surface area contributed by atoms with Crippen molar-refractivity contribution in [3.63, 3.8) is 0 Å². The quantitative estimate of drug-likeness (QED) is 0.896. The van der Waals surface area contributed by atoms with Crippen LogP contribution in [0.5, 0.6) is 5.75 Å². The first-order valence-electron chi connectivity index (χ1n) is 9.15. The Bertz CT molecular complexity index is 651. The van der Waals surface area contributed by atoms with Crippen molar-refractivity contribution in [2.75, 3.05) is 19.7 Å². The van der Waals surface area contributed by atoms with Crippen molar-refractivity contribution in [3.8, 4) is 5.75 Å². The lowest BCUT2D eigenvalue weighted by Gasteiger charge is -2.36. The molecule has 2 aliphatic heterocycles. The van der Waals surface area contributed by atoms with Crippen LogP contribution in [-0.2, 0) is 16.0 Å². The van der Waals surface area contributed by atoms with E-state index in [0.717, 1.165) is 37.1 Å². The number of carbonyl (C=O) groups is 2. The van der Waals surface area contributed by atoms with Crippen LogP contribution < -0.4 is 10.1 Å². The molecule has 2 aliphatic rings. The van der Waals surface area contributed by atoms with Crippen LogP contribution in [0.1, 0.15) is 39.2 Å². The van der Waals surface area contributed by atoms with Gasteiger partial charge < -0.3 is 15.0 Å². The number of para-hydroxylation sites is 1. The third-order valence-corrected chi connectivity index (χ3v) is 4.95. The van der Waals surface area contributed by atoms with Crippen LogP contribution in [0.25, 0.3) is 0 Å². The highest BCUT2D eigenvalue weighted by Gasteiger charge is 2.34. The number of benzene rings is 1. The summed E-state index contributed by atoms with van der Waals surface area (Å²) < 4.78 is 5.75. The largest absolute Gasteiger partial charge is 0.491 e. The molecule has 5 nitrogen and oxygen atoms in total. The fourth-order valence-corrected chi connectivity index (χ4v) is 3.59. The number of likely N-dealkylation sites (tertiary alicyclic amines) is 1. The van der Waals surface area contributed by atoms with Crippen molar-refractivity contribution in [2.24, 2.45) is 11.3 Å². The van der Waals surface area contributed by atoms with Gasteiger partial charge in [0.1, 0.15) is 12.4 Å². The highest BCUT2D eigenvalue weighted by molar-refractivity contribution is 5.84. The van der Waals surface area contributed by atoms with Gasteiger partial charge in [0.15, 0.2) is 0 Å². The number of amides is 2. The molecule has 2 atom stereocenters. The molecule has 0 unspecified atom stereocenters. The highest BCUT2D eigenvalue weighted by Crippen LogP contribution is 2.26. The Hall–Kier alpha value is -2.04. The molecule has 5 heteroatoms. The van der Waals surface area contributed by atoms with Crippen molar-refractivity contribution in [3.05, 3.63) is 29.8 Å². The molecule has 2 amide bonds. The minimum absolute atomic E-state index is 0.00362. The van der Waals surface area contributed by atoms with E-state index in [1.165, 1.54) is 0 Å². The fraction of sp³-hybridized carbons (Fsp3) is 0.600. The Morgan fingerprint density at radius 1 is 1.24 bits per heavy atom. The first-order valence-corrected chi connectivity index (χ1v) is 9.15. The average Bonchev–Trinajstić information content (AvgIpc) is 2.60. The Morgan fingerprint density at radius 2 is 2.00 bits per heavy atom. The third kappa shape index (κ3) is 4.14. The lowest BCUT2D eigenvalue weighted by Crippen LogP contribution is -2.51. The summed E-state index contributed by atoms with van der Waals surface area (Å²) in [5, 5.41) is 3.13. The fourth-order valence-electron chi connectivity index (χ4n) is 3.59. The average molecular weight is 344 g/mol. The molecule has 3 rings (SSSR count). The van der Waals surface area contributed by atoms with Crippen LogP contribution in [-0.4, -0.2) is 42.5 Å². The second-order valence-electron chi connectivity index (χ2n) is 8.17. The zero-order valence-corrected chi connectivity index (χ0v) is 15.4. The summed E-state index contributed by atoms with van der Waals surface area (Å²) in [5.74, 6) is 0.948. The smallest absolute Gasteiger partial charge is 0.227 e. The first-order chi connectivity index (χ1) is 11.8. The van der Waals surface area contributed by atoms with Crippen LogP contribution in [0.3, 0.4) is 0 Å². The van der Waals surface area contributed by atoms with Gasteiger partial charge in [-0.1, -0.05) is 39.0 Å². The molecular weight excluding hydrogens is 316 g/mol. The van der Waals surface area contributed by atoms with Gasteiger partial charge in [0, 0.05) is 18.5 Å². The summed E-state index contributed by atoms with van der Waals surface area (Å²) in [6.45, 7) is 7.55. The Labute approximate surface area is 149 Å². The van der Waals surface area contributed by atoms with Crippen molar-refractivity contribution < 1.29 is 14.3 Å². The molecule has 0 bridgehead atoms. The van der Waals surface area contributed by atoms with E-state index in [2.05, 4.69) is 5.32 Å². The molecule has 0 saturated carbocycles. The van der Waals surface area contributed by atoms with Gasteiger partial charge in [0.2, 0.25) is 11.8 Å². The molecule has 1 N–H and O–H groups in total. The standard InChI is InChI=1S/C20H28N2O3/c1-20(2,3)19(24)22-10-6-8-15(12-22)18(23)21-16-11-14-7-4-5-9-17(14)25-13-16/h4-5,7,9,15-16H,6,8,10-13H2,1-3H3,(H,21,23)/t15-,16-/m1/s1. The Kier molecular flexibility index (Phi) is 5.02. The summed E-state index contributed by atoms with van der Waals surface area (Å²) in [6, 6.07) is 7.95. The molecule has 1 saturated heterocycles. The number of piperidine rings is 1. The van der Waals surface area contributed by atoms with Crippen LogP contribution in [0.2, 0.25) is 0 Å². The van der Waals surface area contributed by atoms with Gasteiger partial charge in [0.05, 0.1) is 12.0 Å². The molecule has 0 aliphatic carbocycles. The van der Waals surface area contributed by atoms with E-state index >= 15 is 0 Å². The number of ether oxygens (including phenoxy) is 1. The van der Waals surface area contributed by atoms with Crippen LogP contribution in [0.4, 0.5) is 0 Å². The maximum Gasteiger partial charge on any atom is 0.227 e. The predicted molar refractivity (Wildman–Crippen MR) is 96.3 cm³/mol. The number of hydrogen-bond acceptors (Lipinski definition) is 3. The van der Waals surface area contributed by atoms with Crippen molar-refractivity contribution >= 4 is 11.8 Å².